The molecule has 15 heavy (non-hydrogen) atoms. The van der Waals surface area contributed by atoms with Gasteiger partial charge in [-0.05, 0) is 0 Å². The van der Waals surface area contributed by atoms with E-state index in [2.05, 4.69) is 5.32 Å². The number of carbonyl (C=O) groups is 3. The quantitative estimate of drug-likeness (QED) is 0.506. The molecule has 0 bridgehead atoms. The first kappa shape index (κ1) is 11.4. The summed E-state index contributed by atoms with van der Waals surface area (Å²) in [6.07, 6.45) is -0.456. The average molecular weight is 214 g/mol. The van der Waals surface area contributed by atoms with Gasteiger partial charge in [-0.15, -0.1) is 0 Å². The molecule has 0 radical (unpaired) electrons. The van der Waals surface area contributed by atoms with E-state index in [4.69, 9.17) is 0 Å². The summed E-state index contributed by atoms with van der Waals surface area (Å²) in [5, 5.41) is 23.3. The maximum absolute atomic E-state index is 11.5. The predicted molar refractivity (Wildman–Crippen MR) is 43.0 cm³/mol. The highest BCUT2D eigenvalue weighted by atomic mass is 16.4. The maximum Gasteiger partial charge on any atom is 0.240 e. The Kier molecular flexibility index (Phi) is 3.62. The van der Waals surface area contributed by atoms with Crippen LogP contribution in [0.1, 0.15) is 6.42 Å². The number of carboxylic acids is 2. The number of carbonyl (C=O) groups excluding carboxylic acids is 3. The third-order valence-electron chi connectivity index (χ3n) is 2.07. The van der Waals surface area contributed by atoms with Crippen LogP contribution >= 0.6 is 0 Å². The summed E-state index contributed by atoms with van der Waals surface area (Å²) in [6.45, 7) is 0.0807. The van der Waals surface area contributed by atoms with Gasteiger partial charge in [-0.2, -0.15) is 0 Å². The topological polar surface area (TPSA) is 113 Å². The highest BCUT2D eigenvalue weighted by molar-refractivity contribution is 5.88. The van der Waals surface area contributed by atoms with E-state index in [1.165, 1.54) is 0 Å². The highest BCUT2D eigenvalue weighted by Gasteiger charge is 2.27. The number of rotatable bonds is 4. The lowest BCUT2D eigenvalue weighted by Crippen LogP contribution is -2.58. The van der Waals surface area contributed by atoms with Crippen LogP contribution in [-0.4, -0.2) is 48.4 Å². The molecule has 0 aliphatic carbocycles. The number of nitrogens with zero attached hydrogens (tertiary/aromatic N) is 1. The summed E-state index contributed by atoms with van der Waals surface area (Å²) in [4.78, 5) is 33.1. The van der Waals surface area contributed by atoms with Gasteiger partial charge >= 0.3 is 0 Å². The molecular formula is C8H10N2O5-2. The van der Waals surface area contributed by atoms with Crippen molar-refractivity contribution >= 4 is 17.8 Å². The van der Waals surface area contributed by atoms with Gasteiger partial charge in [0.05, 0.1) is 18.6 Å². The number of aliphatic carboxylic acids is 2. The minimum absolute atomic E-state index is 0.233. The Morgan fingerprint density at radius 1 is 1.40 bits per heavy atom. The third-order valence-corrected chi connectivity index (χ3v) is 2.07. The summed E-state index contributed by atoms with van der Waals surface area (Å²) in [5.74, 6) is -3.26. The summed E-state index contributed by atoms with van der Waals surface area (Å²) in [5.41, 5.74) is 0. The fourth-order valence-electron chi connectivity index (χ4n) is 1.43. The van der Waals surface area contributed by atoms with Crippen LogP contribution in [0.2, 0.25) is 0 Å². The Bertz CT molecular complexity index is 265. The Labute approximate surface area is 85.7 Å². The smallest absolute Gasteiger partial charge is 0.240 e. The van der Waals surface area contributed by atoms with Crippen LogP contribution in [0.4, 0.5) is 0 Å². The zero-order valence-corrected chi connectivity index (χ0v) is 7.89. The molecule has 0 aromatic rings. The fraction of sp³-hybridized carbons (Fsp3) is 0.625. The molecule has 1 heterocycles. The molecule has 1 fully saturated rings. The normalized spacial score (nSPS) is 21.5. The van der Waals surface area contributed by atoms with Crippen LogP contribution in [0.5, 0.6) is 0 Å². The Balaban J connectivity index is 2.58. The average Bonchev–Trinajstić information content (AvgIpc) is 2.10. The summed E-state index contributed by atoms with van der Waals surface area (Å²) in [7, 11) is 0. The molecule has 0 spiro atoms. The number of hydrogen-bond donors (Lipinski definition) is 1. The van der Waals surface area contributed by atoms with Crippen molar-refractivity contribution < 1.29 is 24.6 Å². The molecule has 1 N–H and O–H groups in total. The standard InChI is InChI=1S/C8H12N2O5/c11-6(12)3-5-8(15)10(2-1-9-5)4-7(13)14/h5,9H,1-4H2,(H,11,12)(H,13,14)/p-2. The first-order valence-corrected chi connectivity index (χ1v) is 4.42. The van der Waals surface area contributed by atoms with Crippen LogP contribution in [0.25, 0.3) is 0 Å². The van der Waals surface area contributed by atoms with Gasteiger partial charge in [0.1, 0.15) is 0 Å². The molecule has 1 aliphatic heterocycles. The molecule has 1 amide bonds. The first-order chi connectivity index (χ1) is 7.00. The predicted octanol–water partition coefficient (Wildman–Crippen LogP) is -4.32. The highest BCUT2D eigenvalue weighted by Crippen LogP contribution is 2.03. The van der Waals surface area contributed by atoms with Crippen molar-refractivity contribution in [1.29, 1.82) is 0 Å². The Morgan fingerprint density at radius 2 is 2.07 bits per heavy atom. The van der Waals surface area contributed by atoms with E-state index in [1.807, 2.05) is 0 Å². The van der Waals surface area contributed by atoms with Gasteiger partial charge in [-0.1, -0.05) is 0 Å². The second-order valence-electron chi connectivity index (χ2n) is 3.21. The van der Waals surface area contributed by atoms with E-state index in [1.54, 1.807) is 0 Å². The van der Waals surface area contributed by atoms with Crippen molar-refractivity contribution in [3.8, 4) is 0 Å². The number of carboxylic acid groups (broad SMARTS) is 2. The van der Waals surface area contributed by atoms with Crippen molar-refractivity contribution in [2.75, 3.05) is 19.6 Å². The molecule has 1 unspecified atom stereocenters. The monoisotopic (exact) mass is 214 g/mol. The van der Waals surface area contributed by atoms with Gasteiger partial charge in [0.15, 0.2) is 0 Å². The van der Waals surface area contributed by atoms with Gasteiger partial charge in [0, 0.05) is 25.5 Å². The van der Waals surface area contributed by atoms with Crippen LogP contribution in [-0.2, 0) is 14.4 Å². The summed E-state index contributed by atoms with van der Waals surface area (Å²) >= 11 is 0. The SMILES string of the molecule is O=C([O-])CC1NCCN(CC(=O)[O-])C1=O. The fourth-order valence-corrected chi connectivity index (χ4v) is 1.43. The second kappa shape index (κ2) is 4.74. The van der Waals surface area contributed by atoms with Crippen LogP contribution in [0.15, 0.2) is 0 Å². The van der Waals surface area contributed by atoms with E-state index in [-0.39, 0.29) is 6.54 Å². The maximum atomic E-state index is 11.5. The van der Waals surface area contributed by atoms with Gasteiger partial charge < -0.3 is 30.0 Å². The number of hydrogen-bond acceptors (Lipinski definition) is 6. The summed E-state index contributed by atoms with van der Waals surface area (Å²) in [6, 6.07) is -0.900. The third kappa shape index (κ3) is 3.21. The summed E-state index contributed by atoms with van der Waals surface area (Å²) < 4.78 is 0. The van der Waals surface area contributed by atoms with Gasteiger partial charge in [0.2, 0.25) is 5.91 Å². The van der Waals surface area contributed by atoms with Crippen LogP contribution in [0, 0.1) is 0 Å². The zero-order chi connectivity index (χ0) is 11.4. The minimum atomic E-state index is -1.36. The zero-order valence-electron chi connectivity index (χ0n) is 7.89. The van der Waals surface area contributed by atoms with Crippen molar-refractivity contribution in [3.63, 3.8) is 0 Å². The lowest BCUT2D eigenvalue weighted by molar-refractivity contribution is -0.306. The molecule has 1 atom stereocenters. The molecule has 7 nitrogen and oxygen atoms in total. The lowest BCUT2D eigenvalue weighted by atomic mass is 10.1. The number of nitrogens with one attached hydrogen (secondary N) is 1. The van der Waals surface area contributed by atoms with Crippen molar-refractivity contribution in [2.45, 2.75) is 12.5 Å². The van der Waals surface area contributed by atoms with E-state index in [9.17, 15) is 24.6 Å². The van der Waals surface area contributed by atoms with E-state index in [0.717, 1.165) is 4.90 Å². The van der Waals surface area contributed by atoms with Crippen molar-refractivity contribution in [3.05, 3.63) is 0 Å². The van der Waals surface area contributed by atoms with Crippen molar-refractivity contribution in [1.82, 2.24) is 10.2 Å². The van der Waals surface area contributed by atoms with E-state index in [0.29, 0.717) is 6.54 Å². The largest absolute Gasteiger partial charge is 0.550 e. The first-order valence-electron chi connectivity index (χ1n) is 4.42. The Hall–Kier alpha value is -1.63. The Morgan fingerprint density at radius 3 is 2.60 bits per heavy atom. The molecule has 0 aromatic heterocycles. The van der Waals surface area contributed by atoms with Gasteiger partial charge in [-0.25, -0.2) is 0 Å². The number of amides is 1. The number of piperazine rings is 1. The van der Waals surface area contributed by atoms with Crippen LogP contribution < -0.4 is 15.5 Å². The van der Waals surface area contributed by atoms with Gasteiger partial charge in [-0.3, -0.25) is 4.79 Å². The van der Waals surface area contributed by atoms with E-state index >= 15 is 0 Å². The molecule has 7 heteroatoms. The van der Waals surface area contributed by atoms with Crippen molar-refractivity contribution in [2.24, 2.45) is 0 Å². The minimum Gasteiger partial charge on any atom is -0.550 e. The molecular weight excluding hydrogens is 204 g/mol. The molecule has 84 valence electrons. The van der Waals surface area contributed by atoms with Gasteiger partial charge in [0.25, 0.3) is 0 Å². The second-order valence-corrected chi connectivity index (χ2v) is 3.21. The van der Waals surface area contributed by atoms with Crippen LogP contribution in [0.3, 0.4) is 0 Å². The molecule has 1 rings (SSSR count). The van der Waals surface area contributed by atoms with E-state index < -0.39 is 36.9 Å². The molecule has 1 aliphatic rings. The molecule has 0 aromatic carbocycles. The molecule has 1 saturated heterocycles. The molecule has 0 saturated carbocycles. The lowest BCUT2D eigenvalue weighted by Gasteiger charge is -2.33.